The second kappa shape index (κ2) is 3.91. The summed E-state index contributed by atoms with van der Waals surface area (Å²) in [6.45, 7) is 2.87. The average Bonchev–Trinajstić information content (AvgIpc) is 2.72. The Balaban J connectivity index is 2.22. The number of furan rings is 1. The van der Waals surface area contributed by atoms with Crippen molar-refractivity contribution in [3.63, 3.8) is 0 Å². The minimum Gasteiger partial charge on any atom is -0.472 e. The van der Waals surface area contributed by atoms with Crippen molar-refractivity contribution < 1.29 is 4.42 Å². The third-order valence-corrected chi connectivity index (χ3v) is 1.83. The highest BCUT2D eigenvalue weighted by Gasteiger charge is 2.00. The molecule has 4 nitrogen and oxygen atoms in total. The van der Waals surface area contributed by atoms with Gasteiger partial charge in [0.25, 0.3) is 0 Å². The van der Waals surface area contributed by atoms with Crippen LogP contribution in [0.1, 0.15) is 6.92 Å². The first-order valence-corrected chi connectivity index (χ1v) is 4.48. The lowest BCUT2D eigenvalue weighted by Crippen LogP contribution is -1.99. The molecule has 2 aromatic rings. The summed E-state index contributed by atoms with van der Waals surface area (Å²) in [4.78, 5) is 8.46. The predicted octanol–water partition coefficient (Wildman–Crippen LogP) is 2.17. The number of rotatable bonds is 3. The molecule has 2 aromatic heterocycles. The van der Waals surface area contributed by atoms with Gasteiger partial charge in [-0.05, 0) is 13.0 Å². The molecule has 0 aliphatic heterocycles. The molecule has 0 radical (unpaired) electrons. The molecule has 0 aliphatic rings. The molecular formula is C10H11N3O. The molecule has 0 saturated carbocycles. The topological polar surface area (TPSA) is 51.0 Å². The van der Waals surface area contributed by atoms with Crippen LogP contribution in [0, 0.1) is 0 Å². The molecule has 0 atom stereocenters. The molecule has 72 valence electrons. The van der Waals surface area contributed by atoms with Crippen LogP contribution in [0.25, 0.3) is 11.3 Å². The van der Waals surface area contributed by atoms with Gasteiger partial charge < -0.3 is 9.73 Å². The first-order valence-electron chi connectivity index (χ1n) is 4.48. The fraction of sp³-hybridized carbons (Fsp3) is 0.200. The van der Waals surface area contributed by atoms with Crippen LogP contribution in [0.4, 0.5) is 5.82 Å². The molecule has 1 N–H and O–H groups in total. The van der Waals surface area contributed by atoms with Gasteiger partial charge in [0.2, 0.25) is 0 Å². The molecule has 2 heterocycles. The quantitative estimate of drug-likeness (QED) is 0.803. The third-order valence-electron chi connectivity index (χ3n) is 1.83. The van der Waals surface area contributed by atoms with Crippen molar-refractivity contribution in [3.05, 3.63) is 31.0 Å². The first-order chi connectivity index (χ1) is 6.90. The lowest BCUT2D eigenvalue weighted by atomic mass is 10.2. The average molecular weight is 189 g/mol. The van der Waals surface area contributed by atoms with Crippen LogP contribution in [0.2, 0.25) is 0 Å². The van der Waals surface area contributed by atoms with Gasteiger partial charge in [-0.25, -0.2) is 4.98 Å². The Hall–Kier alpha value is -1.84. The molecule has 0 aliphatic carbocycles. The van der Waals surface area contributed by atoms with Gasteiger partial charge >= 0.3 is 0 Å². The molecule has 0 bridgehead atoms. The Morgan fingerprint density at radius 1 is 1.36 bits per heavy atom. The van der Waals surface area contributed by atoms with Crippen molar-refractivity contribution >= 4 is 5.82 Å². The van der Waals surface area contributed by atoms with E-state index in [1.165, 1.54) is 0 Å². The summed E-state index contributed by atoms with van der Waals surface area (Å²) in [7, 11) is 0. The van der Waals surface area contributed by atoms with Crippen LogP contribution in [-0.4, -0.2) is 16.5 Å². The zero-order valence-electron chi connectivity index (χ0n) is 7.90. The third kappa shape index (κ3) is 1.74. The number of anilines is 1. The Labute approximate surface area is 82.0 Å². The van der Waals surface area contributed by atoms with Gasteiger partial charge in [0.15, 0.2) is 0 Å². The second-order valence-corrected chi connectivity index (χ2v) is 2.83. The SMILES string of the molecule is CCNc1cnc(-c2ccoc2)cn1. The molecule has 0 fully saturated rings. The predicted molar refractivity (Wildman–Crippen MR) is 53.9 cm³/mol. The second-order valence-electron chi connectivity index (χ2n) is 2.83. The van der Waals surface area contributed by atoms with Crippen LogP contribution in [0.3, 0.4) is 0 Å². The van der Waals surface area contributed by atoms with Crippen molar-refractivity contribution in [2.24, 2.45) is 0 Å². The Kier molecular flexibility index (Phi) is 2.44. The van der Waals surface area contributed by atoms with Crippen molar-refractivity contribution in [1.82, 2.24) is 9.97 Å². The Morgan fingerprint density at radius 3 is 2.86 bits per heavy atom. The lowest BCUT2D eigenvalue weighted by Gasteiger charge is -2.01. The van der Waals surface area contributed by atoms with E-state index in [1.807, 2.05) is 13.0 Å². The molecule has 0 spiro atoms. The Bertz CT molecular complexity index is 380. The van der Waals surface area contributed by atoms with Crippen molar-refractivity contribution in [3.8, 4) is 11.3 Å². The van der Waals surface area contributed by atoms with Gasteiger partial charge in [0.1, 0.15) is 5.82 Å². The van der Waals surface area contributed by atoms with Gasteiger partial charge in [0, 0.05) is 12.1 Å². The van der Waals surface area contributed by atoms with Crippen LogP contribution < -0.4 is 5.32 Å². The van der Waals surface area contributed by atoms with Crippen LogP contribution in [0.5, 0.6) is 0 Å². The van der Waals surface area contributed by atoms with E-state index in [9.17, 15) is 0 Å². The standard InChI is InChI=1S/C10H11N3O/c1-2-11-10-6-12-9(5-13-10)8-3-4-14-7-8/h3-7H,2H2,1H3,(H,11,13). The van der Waals surface area contributed by atoms with Gasteiger partial charge in [-0.2, -0.15) is 0 Å². The van der Waals surface area contributed by atoms with Crippen LogP contribution in [0.15, 0.2) is 35.4 Å². The highest BCUT2D eigenvalue weighted by Crippen LogP contribution is 2.16. The number of hydrogen-bond donors (Lipinski definition) is 1. The number of hydrogen-bond acceptors (Lipinski definition) is 4. The fourth-order valence-electron chi connectivity index (χ4n) is 1.16. The van der Waals surface area contributed by atoms with Crippen molar-refractivity contribution in [1.29, 1.82) is 0 Å². The maximum atomic E-state index is 4.96. The number of aromatic nitrogens is 2. The molecule has 0 amide bonds. The van der Waals surface area contributed by atoms with E-state index in [-0.39, 0.29) is 0 Å². The minimum absolute atomic E-state index is 0.791. The van der Waals surface area contributed by atoms with Crippen LogP contribution in [-0.2, 0) is 0 Å². The summed E-state index contributed by atoms with van der Waals surface area (Å²) in [6.07, 6.45) is 6.71. The molecule has 2 rings (SSSR count). The number of nitrogens with one attached hydrogen (secondary N) is 1. The van der Waals surface area contributed by atoms with Gasteiger partial charge in [0.05, 0.1) is 30.6 Å². The van der Waals surface area contributed by atoms with E-state index in [0.29, 0.717) is 0 Å². The maximum Gasteiger partial charge on any atom is 0.144 e. The summed E-state index contributed by atoms with van der Waals surface area (Å²) in [5.74, 6) is 0.791. The monoisotopic (exact) mass is 189 g/mol. The lowest BCUT2D eigenvalue weighted by molar-refractivity contribution is 0.568. The summed E-state index contributed by atoms with van der Waals surface area (Å²) >= 11 is 0. The van der Waals surface area contributed by atoms with Gasteiger partial charge in [-0.3, -0.25) is 4.98 Å². The smallest absolute Gasteiger partial charge is 0.144 e. The molecule has 0 saturated heterocycles. The summed E-state index contributed by atoms with van der Waals surface area (Å²) in [5, 5.41) is 3.08. The van der Waals surface area contributed by atoms with E-state index in [0.717, 1.165) is 23.6 Å². The highest BCUT2D eigenvalue weighted by molar-refractivity contribution is 5.56. The zero-order chi connectivity index (χ0) is 9.80. The summed E-state index contributed by atoms with van der Waals surface area (Å²) < 4.78 is 4.96. The molecule has 4 heteroatoms. The van der Waals surface area contributed by atoms with Gasteiger partial charge in [-0.1, -0.05) is 0 Å². The highest BCUT2D eigenvalue weighted by atomic mass is 16.3. The molecule has 0 unspecified atom stereocenters. The largest absolute Gasteiger partial charge is 0.472 e. The minimum atomic E-state index is 0.791. The van der Waals surface area contributed by atoms with E-state index in [2.05, 4.69) is 15.3 Å². The molecule has 14 heavy (non-hydrogen) atoms. The summed E-state index contributed by atoms with van der Waals surface area (Å²) in [5.41, 5.74) is 1.76. The normalized spacial score (nSPS) is 10.1. The van der Waals surface area contributed by atoms with E-state index in [4.69, 9.17) is 4.42 Å². The zero-order valence-corrected chi connectivity index (χ0v) is 7.90. The van der Waals surface area contributed by atoms with E-state index >= 15 is 0 Å². The van der Waals surface area contributed by atoms with E-state index in [1.54, 1.807) is 24.9 Å². The van der Waals surface area contributed by atoms with Gasteiger partial charge in [-0.15, -0.1) is 0 Å². The maximum absolute atomic E-state index is 4.96. The van der Waals surface area contributed by atoms with Crippen molar-refractivity contribution in [2.45, 2.75) is 6.92 Å². The summed E-state index contributed by atoms with van der Waals surface area (Å²) in [6, 6.07) is 1.86. The van der Waals surface area contributed by atoms with E-state index < -0.39 is 0 Å². The molecular weight excluding hydrogens is 178 g/mol. The number of nitrogens with zero attached hydrogens (tertiary/aromatic N) is 2. The molecule has 0 aromatic carbocycles. The fourth-order valence-corrected chi connectivity index (χ4v) is 1.16. The Morgan fingerprint density at radius 2 is 2.29 bits per heavy atom. The van der Waals surface area contributed by atoms with Crippen molar-refractivity contribution in [2.75, 3.05) is 11.9 Å². The van der Waals surface area contributed by atoms with Crippen LogP contribution >= 0.6 is 0 Å². The first kappa shape index (κ1) is 8.74.